The molecule has 0 spiro atoms. The number of aliphatic hydroxyl groups is 1. The van der Waals surface area contributed by atoms with Crippen molar-refractivity contribution in [3.63, 3.8) is 0 Å². The maximum Gasteiger partial charge on any atom is 0.404 e. The van der Waals surface area contributed by atoms with E-state index < -0.39 is 23.5 Å². The van der Waals surface area contributed by atoms with Crippen molar-refractivity contribution in [3.05, 3.63) is 93.5 Å². The standard InChI is InChI=1S/C34H41ClN4O5/c1-3-22-8-4-9-24(18-22)30-28(11-5-12-29(30)35)34(44,15-7-16-38-33(42)43)25-10-6-17-39(21-25)32(41)26-14-13-23(20-37-2)19-27(26)31(36)40/h4-5,8-9,11-14,18-19,25,37-38,44H,3,6-7,10,15-17,20-21H2,1-2H3,(H2,36,40)(H,42,43). The van der Waals surface area contributed by atoms with Crippen LogP contribution in [0.3, 0.4) is 0 Å². The first-order valence-corrected chi connectivity index (χ1v) is 15.4. The molecule has 6 N–H and O–H groups in total. The number of carboxylic acid groups (broad SMARTS) is 1. The molecule has 1 aliphatic heterocycles. The zero-order chi connectivity index (χ0) is 31.9. The van der Waals surface area contributed by atoms with Gasteiger partial charge in [-0.3, -0.25) is 9.59 Å². The molecule has 44 heavy (non-hydrogen) atoms. The van der Waals surface area contributed by atoms with Gasteiger partial charge in [0.2, 0.25) is 5.91 Å². The molecule has 0 bridgehead atoms. The van der Waals surface area contributed by atoms with Crippen molar-refractivity contribution in [1.29, 1.82) is 0 Å². The van der Waals surface area contributed by atoms with Crippen LogP contribution in [0.5, 0.6) is 0 Å². The van der Waals surface area contributed by atoms with Gasteiger partial charge in [0.25, 0.3) is 5.91 Å². The van der Waals surface area contributed by atoms with Gasteiger partial charge in [-0.05, 0) is 79.6 Å². The Morgan fingerprint density at radius 1 is 1.07 bits per heavy atom. The van der Waals surface area contributed by atoms with Crippen molar-refractivity contribution in [2.45, 2.75) is 51.2 Å². The van der Waals surface area contributed by atoms with Crippen LogP contribution in [0.4, 0.5) is 4.79 Å². The van der Waals surface area contributed by atoms with E-state index in [0.717, 1.165) is 28.7 Å². The number of hydrogen-bond donors (Lipinski definition) is 5. The van der Waals surface area contributed by atoms with Crippen LogP contribution < -0.4 is 16.4 Å². The lowest BCUT2D eigenvalue weighted by molar-refractivity contribution is -0.0563. The zero-order valence-corrected chi connectivity index (χ0v) is 26.0. The summed E-state index contributed by atoms with van der Waals surface area (Å²) in [5, 5.41) is 27.8. The fraction of sp³-hybridized carbons (Fsp3) is 0.382. The number of amides is 3. The summed E-state index contributed by atoms with van der Waals surface area (Å²) in [6.45, 7) is 3.45. The molecule has 0 radical (unpaired) electrons. The van der Waals surface area contributed by atoms with Crippen molar-refractivity contribution < 1.29 is 24.6 Å². The summed E-state index contributed by atoms with van der Waals surface area (Å²) in [7, 11) is 1.79. The summed E-state index contributed by atoms with van der Waals surface area (Å²) in [5.41, 5.74) is 8.83. The van der Waals surface area contributed by atoms with Gasteiger partial charge >= 0.3 is 6.09 Å². The highest BCUT2D eigenvalue weighted by Crippen LogP contribution is 2.46. The molecule has 1 heterocycles. The number of rotatable bonds is 12. The topological polar surface area (TPSA) is 145 Å². The maximum atomic E-state index is 13.9. The number of likely N-dealkylation sites (tertiary alicyclic amines) is 1. The molecule has 234 valence electrons. The van der Waals surface area contributed by atoms with E-state index in [1.807, 2.05) is 30.3 Å². The number of aryl methyl sites for hydroxylation is 1. The van der Waals surface area contributed by atoms with Crippen molar-refractivity contribution in [1.82, 2.24) is 15.5 Å². The monoisotopic (exact) mass is 620 g/mol. The van der Waals surface area contributed by atoms with Crippen molar-refractivity contribution >= 4 is 29.5 Å². The molecule has 1 aliphatic rings. The molecule has 1 fully saturated rings. The normalized spacial score (nSPS) is 16.3. The SMILES string of the molecule is CCc1cccc(-c2c(Cl)cccc2C(O)(CCCNC(=O)O)C2CCCN(C(=O)c3ccc(CNC)cc3C(N)=O)C2)c1. The van der Waals surface area contributed by atoms with Crippen LogP contribution in [0.25, 0.3) is 11.1 Å². The van der Waals surface area contributed by atoms with E-state index in [1.54, 1.807) is 36.2 Å². The van der Waals surface area contributed by atoms with E-state index in [9.17, 15) is 19.5 Å². The molecule has 3 aromatic rings. The number of carbonyl (C=O) groups is 3. The Bertz CT molecular complexity index is 1510. The first kappa shape index (κ1) is 33.0. The largest absolute Gasteiger partial charge is 0.465 e. The third kappa shape index (κ3) is 7.41. The predicted molar refractivity (Wildman–Crippen MR) is 172 cm³/mol. The summed E-state index contributed by atoms with van der Waals surface area (Å²) in [4.78, 5) is 39.1. The molecule has 4 rings (SSSR count). The van der Waals surface area contributed by atoms with E-state index in [-0.39, 0.29) is 36.5 Å². The number of piperidine rings is 1. The Kier molecular flexibility index (Phi) is 11.0. The Hall–Kier alpha value is -3.92. The van der Waals surface area contributed by atoms with Gasteiger partial charge in [0.15, 0.2) is 0 Å². The molecule has 3 amide bonds. The van der Waals surface area contributed by atoms with Gasteiger partial charge in [-0.1, -0.05) is 61.0 Å². The fourth-order valence-electron chi connectivity index (χ4n) is 6.25. The minimum Gasteiger partial charge on any atom is -0.465 e. The van der Waals surface area contributed by atoms with Crippen molar-refractivity contribution in [3.8, 4) is 11.1 Å². The number of hydrogen-bond acceptors (Lipinski definition) is 5. The number of carbonyl (C=O) groups excluding carboxylic acids is 2. The third-order valence-corrected chi connectivity index (χ3v) is 8.77. The molecule has 0 aromatic heterocycles. The molecule has 2 atom stereocenters. The summed E-state index contributed by atoms with van der Waals surface area (Å²) in [6, 6.07) is 18.6. The van der Waals surface area contributed by atoms with Crippen LogP contribution in [-0.4, -0.2) is 59.7 Å². The predicted octanol–water partition coefficient (Wildman–Crippen LogP) is 5.18. The molecule has 3 aromatic carbocycles. The van der Waals surface area contributed by atoms with Gasteiger partial charge in [0.1, 0.15) is 0 Å². The molecular weight excluding hydrogens is 580 g/mol. The summed E-state index contributed by atoms with van der Waals surface area (Å²) >= 11 is 6.83. The summed E-state index contributed by atoms with van der Waals surface area (Å²) < 4.78 is 0. The Balaban J connectivity index is 1.74. The van der Waals surface area contributed by atoms with Crippen molar-refractivity contribution in [2.24, 2.45) is 11.7 Å². The van der Waals surface area contributed by atoms with E-state index in [1.165, 1.54) is 0 Å². The van der Waals surface area contributed by atoms with E-state index >= 15 is 0 Å². The highest BCUT2D eigenvalue weighted by molar-refractivity contribution is 6.33. The first-order valence-electron chi connectivity index (χ1n) is 15.0. The van der Waals surface area contributed by atoms with Crippen LogP contribution in [0.2, 0.25) is 5.02 Å². The van der Waals surface area contributed by atoms with Crippen LogP contribution >= 0.6 is 11.6 Å². The fourth-order valence-corrected chi connectivity index (χ4v) is 6.54. The lowest BCUT2D eigenvalue weighted by atomic mass is 9.72. The van der Waals surface area contributed by atoms with Gasteiger partial charge in [-0.25, -0.2) is 4.79 Å². The maximum absolute atomic E-state index is 13.9. The second kappa shape index (κ2) is 14.7. The van der Waals surface area contributed by atoms with Gasteiger partial charge in [0.05, 0.1) is 16.7 Å². The lowest BCUT2D eigenvalue weighted by Gasteiger charge is -2.44. The zero-order valence-electron chi connectivity index (χ0n) is 25.2. The van der Waals surface area contributed by atoms with E-state index in [2.05, 4.69) is 23.6 Å². The first-order chi connectivity index (χ1) is 21.1. The van der Waals surface area contributed by atoms with Gasteiger partial charge in [0, 0.05) is 42.7 Å². The number of primary amides is 1. The second-order valence-electron chi connectivity index (χ2n) is 11.3. The van der Waals surface area contributed by atoms with Crippen LogP contribution in [0.15, 0.2) is 60.7 Å². The van der Waals surface area contributed by atoms with Crippen LogP contribution in [-0.2, 0) is 18.6 Å². The minimum absolute atomic E-state index is 0.160. The quantitative estimate of drug-likeness (QED) is 0.177. The van der Waals surface area contributed by atoms with Crippen LogP contribution in [0.1, 0.15) is 70.0 Å². The molecule has 0 saturated carbocycles. The molecular formula is C34H41ClN4O5. The average molecular weight is 621 g/mol. The molecule has 2 unspecified atom stereocenters. The highest BCUT2D eigenvalue weighted by atomic mass is 35.5. The number of nitrogens with zero attached hydrogens (tertiary/aromatic N) is 1. The summed E-state index contributed by atoms with van der Waals surface area (Å²) in [5.74, 6) is -1.39. The third-order valence-electron chi connectivity index (χ3n) is 8.46. The molecule has 1 saturated heterocycles. The smallest absolute Gasteiger partial charge is 0.404 e. The second-order valence-corrected chi connectivity index (χ2v) is 11.7. The Morgan fingerprint density at radius 2 is 1.84 bits per heavy atom. The number of benzene rings is 3. The van der Waals surface area contributed by atoms with Crippen LogP contribution in [0, 0.1) is 5.92 Å². The number of nitrogens with one attached hydrogen (secondary N) is 2. The number of halogens is 1. The summed E-state index contributed by atoms with van der Waals surface area (Å²) in [6.07, 6.45) is 1.59. The lowest BCUT2D eigenvalue weighted by Crippen LogP contribution is -2.48. The Morgan fingerprint density at radius 3 is 2.55 bits per heavy atom. The van der Waals surface area contributed by atoms with E-state index in [0.29, 0.717) is 42.9 Å². The highest BCUT2D eigenvalue weighted by Gasteiger charge is 2.43. The molecule has 0 aliphatic carbocycles. The van der Waals surface area contributed by atoms with Gasteiger partial charge < -0.3 is 31.5 Å². The Labute approximate surface area is 263 Å². The molecule has 9 nitrogen and oxygen atoms in total. The minimum atomic E-state index is -1.44. The van der Waals surface area contributed by atoms with E-state index in [4.69, 9.17) is 22.4 Å². The van der Waals surface area contributed by atoms with Crippen molar-refractivity contribution in [2.75, 3.05) is 26.7 Å². The van der Waals surface area contributed by atoms with Gasteiger partial charge in [-0.15, -0.1) is 0 Å². The van der Waals surface area contributed by atoms with Gasteiger partial charge in [-0.2, -0.15) is 0 Å². The molecule has 10 heteroatoms. The number of nitrogens with two attached hydrogens (primary N) is 1. The average Bonchev–Trinajstić information content (AvgIpc) is 3.02.